The minimum atomic E-state index is -0.0368. The van der Waals surface area contributed by atoms with E-state index in [1.807, 2.05) is 41.8 Å². The lowest BCUT2D eigenvalue weighted by Gasteiger charge is -2.04. The average molecular weight is 406 g/mol. The van der Waals surface area contributed by atoms with Crippen LogP contribution in [0.5, 0.6) is 0 Å². The summed E-state index contributed by atoms with van der Waals surface area (Å²) in [5, 5.41) is 8.94. The normalized spacial score (nSPS) is 10.9. The highest BCUT2D eigenvalue weighted by molar-refractivity contribution is 7.13. The van der Waals surface area contributed by atoms with Gasteiger partial charge in [0.2, 0.25) is 5.91 Å². The highest BCUT2D eigenvalue weighted by atomic mass is 32.1. The van der Waals surface area contributed by atoms with Gasteiger partial charge in [0.05, 0.1) is 23.1 Å². The first-order chi connectivity index (χ1) is 14.2. The molecule has 6 nitrogen and oxygen atoms in total. The van der Waals surface area contributed by atoms with Crippen LogP contribution in [0.2, 0.25) is 0 Å². The molecule has 0 aliphatic heterocycles. The van der Waals surface area contributed by atoms with Gasteiger partial charge < -0.3 is 15.6 Å². The molecule has 29 heavy (non-hydrogen) atoms. The van der Waals surface area contributed by atoms with Crippen LogP contribution in [-0.4, -0.2) is 27.4 Å². The molecule has 2 heterocycles. The number of fused-ring (bicyclic) bond motifs is 1. The second-order valence-corrected chi connectivity index (χ2v) is 7.65. The number of nitrogens with zero attached hydrogens (tertiary/aromatic N) is 2. The molecule has 0 aliphatic rings. The van der Waals surface area contributed by atoms with Crippen molar-refractivity contribution in [1.82, 2.24) is 20.3 Å². The summed E-state index contributed by atoms with van der Waals surface area (Å²) < 4.78 is 0. The highest BCUT2D eigenvalue weighted by Gasteiger charge is 2.09. The standard InChI is InChI=1S/C22H23N5OS/c1-2-15-7-9-16(10-8-15)24-22-25-17(14-29-22)13-21(28)23-12-11-20-26-18-5-3-4-6-19(18)27-20/h3-10,14H,2,11-13H2,1H3,(H,23,28)(H,24,25)(H,26,27). The molecule has 3 N–H and O–H groups in total. The fourth-order valence-corrected chi connectivity index (χ4v) is 3.79. The van der Waals surface area contributed by atoms with Gasteiger partial charge in [0, 0.05) is 24.0 Å². The molecule has 0 saturated carbocycles. The second kappa shape index (κ2) is 8.87. The molecule has 0 radical (unpaired) electrons. The number of nitrogens with one attached hydrogen (secondary N) is 3. The number of anilines is 2. The van der Waals surface area contributed by atoms with Crippen molar-refractivity contribution in [3.05, 3.63) is 71.0 Å². The number of hydrogen-bond acceptors (Lipinski definition) is 5. The fraction of sp³-hybridized carbons (Fsp3) is 0.227. The van der Waals surface area contributed by atoms with E-state index in [9.17, 15) is 4.79 Å². The van der Waals surface area contributed by atoms with Crippen molar-refractivity contribution in [1.29, 1.82) is 0 Å². The van der Waals surface area contributed by atoms with E-state index in [-0.39, 0.29) is 12.3 Å². The van der Waals surface area contributed by atoms with Crippen LogP contribution in [0.15, 0.2) is 53.9 Å². The Morgan fingerprint density at radius 1 is 1.10 bits per heavy atom. The number of aromatic amines is 1. The summed E-state index contributed by atoms with van der Waals surface area (Å²) in [5.41, 5.74) is 5.03. The number of carbonyl (C=O) groups is 1. The number of H-pyrrole nitrogens is 1. The van der Waals surface area contributed by atoms with Crippen LogP contribution in [0.25, 0.3) is 11.0 Å². The number of rotatable bonds is 8. The van der Waals surface area contributed by atoms with Gasteiger partial charge in [0.15, 0.2) is 5.13 Å². The molecule has 1 amide bonds. The monoisotopic (exact) mass is 405 g/mol. The van der Waals surface area contributed by atoms with Crippen molar-refractivity contribution in [2.24, 2.45) is 0 Å². The Kier molecular flexibility index (Phi) is 5.86. The van der Waals surface area contributed by atoms with Gasteiger partial charge in [-0.1, -0.05) is 31.2 Å². The van der Waals surface area contributed by atoms with Crippen molar-refractivity contribution in [3.8, 4) is 0 Å². The predicted octanol–water partition coefficient (Wildman–Crippen LogP) is 4.23. The third-order valence-corrected chi connectivity index (χ3v) is 5.44. The Labute approximate surface area is 173 Å². The van der Waals surface area contributed by atoms with E-state index < -0.39 is 0 Å². The molecule has 148 valence electrons. The summed E-state index contributed by atoms with van der Waals surface area (Å²) in [7, 11) is 0. The Morgan fingerprint density at radius 3 is 2.72 bits per heavy atom. The maximum absolute atomic E-state index is 12.2. The smallest absolute Gasteiger partial charge is 0.226 e. The minimum Gasteiger partial charge on any atom is -0.355 e. The van der Waals surface area contributed by atoms with Gasteiger partial charge in [0.25, 0.3) is 0 Å². The van der Waals surface area contributed by atoms with E-state index in [2.05, 4.69) is 44.6 Å². The molecule has 0 atom stereocenters. The molecule has 0 fully saturated rings. The molecule has 2 aromatic heterocycles. The minimum absolute atomic E-state index is 0.0368. The lowest BCUT2D eigenvalue weighted by molar-refractivity contribution is -0.120. The third-order valence-electron chi connectivity index (χ3n) is 4.63. The number of para-hydroxylation sites is 2. The summed E-state index contributed by atoms with van der Waals surface area (Å²) in [6.45, 7) is 2.68. The molecule has 0 unspecified atom stereocenters. The van der Waals surface area contributed by atoms with Crippen LogP contribution in [0.1, 0.15) is 24.0 Å². The van der Waals surface area contributed by atoms with Gasteiger partial charge in [-0.05, 0) is 36.2 Å². The van der Waals surface area contributed by atoms with Gasteiger partial charge in [-0.3, -0.25) is 4.79 Å². The van der Waals surface area contributed by atoms with Crippen molar-refractivity contribution < 1.29 is 4.79 Å². The predicted molar refractivity (Wildman–Crippen MR) is 118 cm³/mol. The first kappa shape index (κ1) is 19.1. The van der Waals surface area contributed by atoms with Crippen LogP contribution in [-0.2, 0) is 24.1 Å². The number of carbonyl (C=O) groups excluding carboxylic acids is 1. The van der Waals surface area contributed by atoms with Gasteiger partial charge in [0.1, 0.15) is 5.82 Å². The molecule has 0 spiro atoms. The van der Waals surface area contributed by atoms with Gasteiger partial charge in [-0.25, -0.2) is 9.97 Å². The largest absolute Gasteiger partial charge is 0.355 e. The molecule has 0 saturated heterocycles. The number of imidazole rings is 1. The van der Waals surface area contributed by atoms with Crippen LogP contribution >= 0.6 is 11.3 Å². The summed E-state index contributed by atoms with van der Waals surface area (Å²) in [6.07, 6.45) is 1.96. The van der Waals surface area contributed by atoms with Gasteiger partial charge >= 0.3 is 0 Å². The van der Waals surface area contributed by atoms with E-state index in [0.717, 1.165) is 39.8 Å². The zero-order valence-electron chi connectivity index (χ0n) is 16.2. The summed E-state index contributed by atoms with van der Waals surface area (Å²) in [6, 6.07) is 16.2. The SMILES string of the molecule is CCc1ccc(Nc2nc(CC(=O)NCCc3nc4ccccc4[nH]3)cs2)cc1. The maximum Gasteiger partial charge on any atom is 0.226 e. The molecule has 0 aliphatic carbocycles. The summed E-state index contributed by atoms with van der Waals surface area (Å²) in [4.78, 5) is 24.5. The molecule has 7 heteroatoms. The van der Waals surface area contributed by atoms with Crippen LogP contribution in [0, 0.1) is 0 Å². The Balaban J connectivity index is 1.25. The van der Waals surface area contributed by atoms with Crippen molar-refractivity contribution in [2.75, 3.05) is 11.9 Å². The molecule has 0 bridgehead atoms. The van der Waals surface area contributed by atoms with Crippen LogP contribution in [0.3, 0.4) is 0 Å². The molecular weight excluding hydrogens is 382 g/mol. The van der Waals surface area contributed by atoms with Crippen LogP contribution in [0.4, 0.5) is 10.8 Å². The molecule has 2 aromatic carbocycles. The quantitative estimate of drug-likeness (QED) is 0.410. The Hall–Kier alpha value is -3.19. The van der Waals surface area contributed by atoms with E-state index >= 15 is 0 Å². The van der Waals surface area contributed by atoms with Crippen molar-refractivity contribution in [3.63, 3.8) is 0 Å². The van der Waals surface area contributed by atoms with Gasteiger partial charge in [-0.2, -0.15) is 0 Å². The lowest BCUT2D eigenvalue weighted by atomic mass is 10.1. The highest BCUT2D eigenvalue weighted by Crippen LogP contribution is 2.21. The Morgan fingerprint density at radius 2 is 1.93 bits per heavy atom. The van der Waals surface area contributed by atoms with E-state index in [4.69, 9.17) is 0 Å². The van der Waals surface area contributed by atoms with Crippen molar-refractivity contribution >= 4 is 39.1 Å². The third kappa shape index (κ3) is 5.00. The lowest BCUT2D eigenvalue weighted by Crippen LogP contribution is -2.27. The van der Waals surface area contributed by atoms with E-state index in [1.165, 1.54) is 16.9 Å². The average Bonchev–Trinajstić information content (AvgIpc) is 3.34. The summed E-state index contributed by atoms with van der Waals surface area (Å²) in [5.74, 6) is 0.839. The van der Waals surface area contributed by atoms with E-state index in [0.29, 0.717) is 13.0 Å². The maximum atomic E-state index is 12.2. The summed E-state index contributed by atoms with van der Waals surface area (Å²) >= 11 is 1.50. The first-order valence-electron chi connectivity index (χ1n) is 9.70. The Bertz CT molecular complexity index is 1070. The topological polar surface area (TPSA) is 82.7 Å². The number of hydrogen-bond donors (Lipinski definition) is 3. The molecule has 4 aromatic rings. The number of thiazole rings is 1. The molecular formula is C22H23N5OS. The second-order valence-electron chi connectivity index (χ2n) is 6.80. The zero-order valence-corrected chi connectivity index (χ0v) is 17.1. The van der Waals surface area contributed by atoms with Crippen molar-refractivity contribution in [2.45, 2.75) is 26.2 Å². The fourth-order valence-electron chi connectivity index (χ4n) is 3.06. The van der Waals surface area contributed by atoms with Gasteiger partial charge in [-0.15, -0.1) is 11.3 Å². The molecule has 4 rings (SSSR count). The number of benzene rings is 2. The zero-order chi connectivity index (χ0) is 20.1. The number of amides is 1. The number of aryl methyl sites for hydroxylation is 1. The number of aromatic nitrogens is 3. The van der Waals surface area contributed by atoms with Crippen LogP contribution < -0.4 is 10.6 Å². The van der Waals surface area contributed by atoms with E-state index in [1.54, 1.807) is 0 Å². The first-order valence-corrected chi connectivity index (χ1v) is 10.6.